The number of carbonyl (C=O) groups excluding carboxylic acids is 2. The molecule has 1 aromatic heterocycles. The van der Waals surface area contributed by atoms with Gasteiger partial charge in [0.25, 0.3) is 21.9 Å². The van der Waals surface area contributed by atoms with Gasteiger partial charge in [-0.25, -0.2) is 0 Å². The molecular weight excluding hydrogens is 372 g/mol. The van der Waals surface area contributed by atoms with Gasteiger partial charge >= 0.3 is 0 Å². The lowest BCUT2D eigenvalue weighted by atomic mass is 9.96. The van der Waals surface area contributed by atoms with E-state index in [2.05, 4.69) is 5.32 Å². The number of imide groups is 1. The van der Waals surface area contributed by atoms with Gasteiger partial charge in [0.1, 0.15) is 23.2 Å². The van der Waals surface area contributed by atoms with E-state index < -0.39 is 21.9 Å². The zero-order chi connectivity index (χ0) is 19.8. The van der Waals surface area contributed by atoms with Crippen LogP contribution < -0.4 is 5.32 Å². The molecule has 0 atom stereocenters. The highest BCUT2D eigenvalue weighted by molar-refractivity contribution is 7.85. The van der Waals surface area contributed by atoms with Crippen molar-refractivity contribution in [3.63, 3.8) is 0 Å². The van der Waals surface area contributed by atoms with Crippen LogP contribution in [-0.4, -0.2) is 24.8 Å². The lowest BCUT2D eigenvalue weighted by Crippen LogP contribution is -2.37. The average molecular weight is 384 g/mol. The highest BCUT2D eigenvalue weighted by Gasteiger charge is 2.27. The standard InChI is InChI=1S/C18H12N2O6S/c1-10-14(17(21)20-18(22)15(10)9-19)8-12-4-7-16(26-12)11-2-5-13(6-3-11)27(23,24)25/h2-8H,1H3,(H,20,21,22)(H,23,24,25)/b14-8+. The van der Waals surface area contributed by atoms with E-state index in [0.29, 0.717) is 17.1 Å². The number of amides is 2. The Balaban J connectivity index is 1.96. The van der Waals surface area contributed by atoms with Crippen molar-refractivity contribution in [2.24, 2.45) is 0 Å². The second kappa shape index (κ2) is 6.68. The van der Waals surface area contributed by atoms with Crippen molar-refractivity contribution in [2.75, 3.05) is 0 Å². The van der Waals surface area contributed by atoms with E-state index in [1.54, 1.807) is 18.2 Å². The smallest absolute Gasteiger partial charge is 0.294 e. The third-order valence-electron chi connectivity index (χ3n) is 3.94. The van der Waals surface area contributed by atoms with Gasteiger partial charge in [-0.05, 0) is 55.0 Å². The lowest BCUT2D eigenvalue weighted by Gasteiger charge is -2.15. The molecule has 0 unspecified atom stereocenters. The van der Waals surface area contributed by atoms with Crippen LogP contribution in [0.15, 0.2) is 62.4 Å². The molecule has 8 nitrogen and oxygen atoms in total. The predicted octanol–water partition coefficient (Wildman–Crippen LogP) is 2.07. The van der Waals surface area contributed by atoms with E-state index in [0.717, 1.165) is 0 Å². The second-order valence-corrected chi connectivity index (χ2v) is 7.08. The van der Waals surface area contributed by atoms with Crippen LogP contribution in [0.4, 0.5) is 0 Å². The summed E-state index contributed by atoms with van der Waals surface area (Å²) in [6, 6.07) is 10.4. The first kappa shape index (κ1) is 18.3. The monoisotopic (exact) mass is 384 g/mol. The van der Waals surface area contributed by atoms with Gasteiger partial charge in [0.05, 0.1) is 4.90 Å². The molecule has 2 amide bonds. The molecule has 0 saturated heterocycles. The van der Waals surface area contributed by atoms with Crippen molar-refractivity contribution in [3.05, 3.63) is 58.9 Å². The number of benzene rings is 1. The number of nitrogens with one attached hydrogen (secondary N) is 1. The molecule has 136 valence electrons. The maximum absolute atomic E-state index is 12.0. The summed E-state index contributed by atoms with van der Waals surface area (Å²) in [7, 11) is -4.28. The molecule has 1 aliphatic rings. The maximum Gasteiger partial charge on any atom is 0.294 e. The number of rotatable bonds is 3. The fraction of sp³-hybridized carbons (Fsp3) is 0.0556. The summed E-state index contributed by atoms with van der Waals surface area (Å²) in [5.74, 6) is -0.665. The molecule has 0 spiro atoms. The van der Waals surface area contributed by atoms with Gasteiger partial charge in [-0.2, -0.15) is 13.7 Å². The largest absolute Gasteiger partial charge is 0.457 e. The summed E-state index contributed by atoms with van der Waals surface area (Å²) in [5.41, 5.74) is 0.796. The Hall–Kier alpha value is -3.48. The highest BCUT2D eigenvalue weighted by atomic mass is 32.2. The van der Waals surface area contributed by atoms with Gasteiger partial charge in [-0.15, -0.1) is 0 Å². The van der Waals surface area contributed by atoms with E-state index in [4.69, 9.17) is 14.2 Å². The van der Waals surface area contributed by atoms with E-state index in [1.807, 2.05) is 0 Å². The number of nitriles is 1. The molecule has 2 aromatic rings. The molecule has 0 fully saturated rings. The van der Waals surface area contributed by atoms with Crippen molar-refractivity contribution >= 4 is 28.0 Å². The molecule has 1 aromatic carbocycles. The Bertz CT molecular complexity index is 1160. The van der Waals surface area contributed by atoms with Crippen molar-refractivity contribution in [2.45, 2.75) is 11.8 Å². The minimum absolute atomic E-state index is 0.133. The van der Waals surface area contributed by atoms with Crippen LogP contribution >= 0.6 is 0 Å². The van der Waals surface area contributed by atoms with E-state index >= 15 is 0 Å². The van der Waals surface area contributed by atoms with Crippen LogP contribution in [0.3, 0.4) is 0 Å². The first-order chi connectivity index (χ1) is 12.7. The third-order valence-corrected chi connectivity index (χ3v) is 4.81. The molecular formula is C18H12N2O6S. The Morgan fingerprint density at radius 1 is 1.11 bits per heavy atom. The van der Waals surface area contributed by atoms with Crippen LogP contribution in [0.1, 0.15) is 12.7 Å². The van der Waals surface area contributed by atoms with Gasteiger partial charge in [0.15, 0.2) is 0 Å². The summed E-state index contributed by atoms with van der Waals surface area (Å²) in [4.78, 5) is 23.4. The third kappa shape index (κ3) is 3.57. The molecule has 0 bridgehead atoms. The predicted molar refractivity (Wildman–Crippen MR) is 93.4 cm³/mol. The lowest BCUT2D eigenvalue weighted by molar-refractivity contribution is -0.126. The van der Waals surface area contributed by atoms with Crippen LogP contribution in [-0.2, 0) is 19.7 Å². The first-order valence-corrected chi connectivity index (χ1v) is 9.01. The molecule has 9 heteroatoms. The second-order valence-electron chi connectivity index (χ2n) is 5.65. The van der Waals surface area contributed by atoms with Crippen molar-refractivity contribution in [1.82, 2.24) is 5.32 Å². The average Bonchev–Trinajstić information content (AvgIpc) is 3.07. The van der Waals surface area contributed by atoms with Crippen LogP contribution in [0.5, 0.6) is 0 Å². The quantitative estimate of drug-likeness (QED) is 0.469. The van der Waals surface area contributed by atoms with Crippen LogP contribution in [0, 0.1) is 11.3 Å². The van der Waals surface area contributed by atoms with Crippen LogP contribution in [0.2, 0.25) is 0 Å². The normalized spacial score (nSPS) is 16.4. The van der Waals surface area contributed by atoms with Crippen molar-refractivity contribution < 1.29 is 27.0 Å². The maximum atomic E-state index is 12.0. The summed E-state index contributed by atoms with van der Waals surface area (Å²) < 4.78 is 36.8. The Morgan fingerprint density at radius 2 is 1.78 bits per heavy atom. The first-order valence-electron chi connectivity index (χ1n) is 7.57. The summed E-state index contributed by atoms with van der Waals surface area (Å²) in [6.07, 6.45) is 1.41. The SMILES string of the molecule is CC1=C(C#N)C(=O)NC(=O)/C1=C/c1ccc(-c2ccc(S(=O)(=O)O)cc2)o1. The number of hydrogen-bond acceptors (Lipinski definition) is 6. The van der Waals surface area contributed by atoms with Gasteiger partial charge in [0.2, 0.25) is 0 Å². The zero-order valence-electron chi connectivity index (χ0n) is 13.9. The van der Waals surface area contributed by atoms with Gasteiger partial charge in [-0.3, -0.25) is 19.5 Å². The van der Waals surface area contributed by atoms with Crippen LogP contribution in [0.25, 0.3) is 17.4 Å². The Labute approximate surface area is 154 Å². The highest BCUT2D eigenvalue weighted by Crippen LogP contribution is 2.27. The van der Waals surface area contributed by atoms with E-state index in [9.17, 15) is 18.0 Å². The molecule has 0 radical (unpaired) electrons. The molecule has 2 N–H and O–H groups in total. The van der Waals surface area contributed by atoms with Gasteiger partial charge in [0, 0.05) is 11.1 Å². The minimum atomic E-state index is -4.28. The number of nitrogens with zero attached hydrogens (tertiary/aromatic N) is 1. The van der Waals surface area contributed by atoms with E-state index in [1.165, 1.54) is 37.3 Å². The fourth-order valence-electron chi connectivity index (χ4n) is 2.54. The molecule has 3 rings (SSSR count). The summed E-state index contributed by atoms with van der Waals surface area (Å²) in [5, 5.41) is 11.1. The molecule has 0 saturated carbocycles. The number of carbonyl (C=O) groups is 2. The topological polar surface area (TPSA) is 137 Å². The van der Waals surface area contributed by atoms with E-state index in [-0.39, 0.29) is 21.6 Å². The van der Waals surface area contributed by atoms with Crippen molar-refractivity contribution in [3.8, 4) is 17.4 Å². The molecule has 0 aliphatic carbocycles. The minimum Gasteiger partial charge on any atom is -0.457 e. The van der Waals surface area contributed by atoms with Gasteiger partial charge < -0.3 is 4.42 Å². The zero-order valence-corrected chi connectivity index (χ0v) is 14.7. The summed E-state index contributed by atoms with van der Waals surface area (Å²) >= 11 is 0. The van der Waals surface area contributed by atoms with Crippen molar-refractivity contribution in [1.29, 1.82) is 5.26 Å². The molecule has 2 heterocycles. The Morgan fingerprint density at radius 3 is 2.37 bits per heavy atom. The number of hydrogen-bond donors (Lipinski definition) is 2. The molecule has 27 heavy (non-hydrogen) atoms. The van der Waals surface area contributed by atoms with Gasteiger partial charge in [-0.1, -0.05) is 0 Å². The molecule has 1 aliphatic heterocycles. The fourth-order valence-corrected chi connectivity index (χ4v) is 3.02. The number of furan rings is 1. The Kier molecular flexibility index (Phi) is 4.53. The summed E-state index contributed by atoms with van der Waals surface area (Å²) in [6.45, 7) is 1.50.